The summed E-state index contributed by atoms with van der Waals surface area (Å²) in [5, 5.41) is 0. The van der Waals surface area contributed by atoms with Crippen molar-refractivity contribution < 1.29 is 9.47 Å². The maximum atomic E-state index is 6.03. The van der Waals surface area contributed by atoms with Crippen molar-refractivity contribution in [3.8, 4) is 0 Å². The van der Waals surface area contributed by atoms with E-state index in [1.54, 1.807) is 7.11 Å². The van der Waals surface area contributed by atoms with E-state index >= 15 is 0 Å². The summed E-state index contributed by atoms with van der Waals surface area (Å²) in [6.45, 7) is 4.62. The highest BCUT2D eigenvalue weighted by Crippen LogP contribution is 2.35. The normalized spacial score (nSPS) is 26.2. The first-order valence-electron chi connectivity index (χ1n) is 6.47. The average Bonchev–Trinajstić information content (AvgIpc) is 3.08. The first kappa shape index (κ1) is 13.1. The second-order valence-electron chi connectivity index (χ2n) is 5.20. The lowest BCUT2D eigenvalue weighted by Gasteiger charge is -2.23. The van der Waals surface area contributed by atoms with Gasteiger partial charge in [-0.2, -0.15) is 0 Å². The molecule has 2 N–H and O–H groups in total. The van der Waals surface area contributed by atoms with Crippen LogP contribution < -0.4 is 5.73 Å². The molecule has 0 aliphatic heterocycles. The maximum absolute atomic E-state index is 6.03. The molecule has 4 nitrogen and oxygen atoms in total. The van der Waals surface area contributed by atoms with Crippen LogP contribution in [0.4, 0.5) is 0 Å². The van der Waals surface area contributed by atoms with Gasteiger partial charge in [-0.1, -0.05) is 6.92 Å². The number of methoxy groups -OCH3 is 1. The average molecular weight is 250 g/mol. The number of allylic oxidation sites excluding steroid dienone is 3. The Kier molecular flexibility index (Phi) is 3.76. The van der Waals surface area contributed by atoms with Gasteiger partial charge in [0.25, 0.3) is 0 Å². The summed E-state index contributed by atoms with van der Waals surface area (Å²) >= 11 is 0. The lowest BCUT2D eigenvalue weighted by molar-refractivity contribution is 0.158. The molecule has 1 atom stereocenters. The lowest BCUT2D eigenvalue weighted by Crippen LogP contribution is -2.28. The standard InChI is InChI=1S/C14H22N2O2/c1-4-16-11-8-13(12(17-3)7-10(11)2)18-9-14(15)5-6-14/h4,8,10H,5-7,9,15H2,1-3H3. The Bertz CT molecular complexity index is 406. The minimum Gasteiger partial charge on any atom is -0.497 e. The van der Waals surface area contributed by atoms with Crippen LogP contribution in [-0.4, -0.2) is 25.5 Å². The molecular weight excluding hydrogens is 228 g/mol. The highest BCUT2D eigenvalue weighted by atomic mass is 16.5. The summed E-state index contributed by atoms with van der Waals surface area (Å²) in [4.78, 5) is 4.38. The first-order chi connectivity index (χ1) is 8.58. The largest absolute Gasteiger partial charge is 0.497 e. The van der Waals surface area contributed by atoms with E-state index in [1.807, 2.05) is 19.2 Å². The van der Waals surface area contributed by atoms with Crippen LogP contribution in [0.25, 0.3) is 0 Å². The Hall–Kier alpha value is -1.29. The number of aliphatic imine (C=N–C) groups is 1. The molecule has 0 saturated heterocycles. The molecule has 0 aromatic carbocycles. The van der Waals surface area contributed by atoms with Gasteiger partial charge in [0.2, 0.25) is 0 Å². The van der Waals surface area contributed by atoms with Crippen molar-refractivity contribution in [3.63, 3.8) is 0 Å². The van der Waals surface area contributed by atoms with E-state index in [0.29, 0.717) is 12.5 Å². The molecule has 100 valence electrons. The highest BCUT2D eigenvalue weighted by molar-refractivity contribution is 5.56. The number of nitrogens with zero attached hydrogens (tertiary/aromatic N) is 1. The molecule has 0 heterocycles. The van der Waals surface area contributed by atoms with E-state index in [9.17, 15) is 0 Å². The van der Waals surface area contributed by atoms with Crippen molar-refractivity contribution in [2.75, 3.05) is 13.7 Å². The molecule has 0 spiro atoms. The second-order valence-corrected chi connectivity index (χ2v) is 5.20. The molecule has 0 amide bonds. The second kappa shape index (κ2) is 5.14. The Morgan fingerprint density at radius 3 is 2.83 bits per heavy atom. The number of nitrogens with two attached hydrogens (primary N) is 1. The van der Waals surface area contributed by atoms with Crippen LogP contribution in [0.5, 0.6) is 0 Å². The third-order valence-corrected chi connectivity index (χ3v) is 3.48. The Morgan fingerprint density at radius 2 is 2.28 bits per heavy atom. The van der Waals surface area contributed by atoms with Crippen LogP contribution in [0.3, 0.4) is 0 Å². The minimum absolute atomic E-state index is 0.114. The Morgan fingerprint density at radius 1 is 1.56 bits per heavy atom. The highest BCUT2D eigenvalue weighted by Gasteiger charge is 2.39. The predicted molar refractivity (Wildman–Crippen MR) is 72.2 cm³/mol. The van der Waals surface area contributed by atoms with E-state index < -0.39 is 0 Å². The van der Waals surface area contributed by atoms with Gasteiger partial charge >= 0.3 is 0 Å². The van der Waals surface area contributed by atoms with Crippen molar-refractivity contribution >= 4 is 6.21 Å². The molecule has 18 heavy (non-hydrogen) atoms. The van der Waals surface area contributed by atoms with Crippen molar-refractivity contribution in [2.45, 2.75) is 38.6 Å². The summed E-state index contributed by atoms with van der Waals surface area (Å²) in [6, 6.07) is 0. The van der Waals surface area contributed by atoms with Gasteiger partial charge in [0.05, 0.1) is 12.6 Å². The maximum Gasteiger partial charge on any atom is 0.158 e. The summed E-state index contributed by atoms with van der Waals surface area (Å²) in [5.41, 5.74) is 6.96. The molecule has 1 saturated carbocycles. The summed E-state index contributed by atoms with van der Waals surface area (Å²) in [6.07, 6.45) is 6.69. The number of ether oxygens (including phenoxy) is 2. The fraction of sp³-hybridized carbons (Fsp3) is 0.643. The first-order valence-corrected chi connectivity index (χ1v) is 6.47. The molecular formula is C14H22N2O2. The number of hydrogen-bond donors (Lipinski definition) is 1. The van der Waals surface area contributed by atoms with Gasteiger partial charge in [-0.3, -0.25) is 4.99 Å². The molecule has 0 aromatic heterocycles. The molecule has 0 radical (unpaired) electrons. The zero-order chi connectivity index (χ0) is 13.2. The quantitative estimate of drug-likeness (QED) is 0.762. The monoisotopic (exact) mass is 250 g/mol. The molecule has 2 aliphatic rings. The topological polar surface area (TPSA) is 56.8 Å². The smallest absolute Gasteiger partial charge is 0.158 e. The van der Waals surface area contributed by atoms with E-state index in [0.717, 1.165) is 36.5 Å². The van der Waals surface area contributed by atoms with Crippen LogP contribution in [-0.2, 0) is 9.47 Å². The fourth-order valence-corrected chi connectivity index (χ4v) is 1.99. The lowest BCUT2D eigenvalue weighted by atomic mass is 9.97. The molecule has 4 heteroatoms. The third kappa shape index (κ3) is 2.93. The number of hydrogen-bond acceptors (Lipinski definition) is 4. The van der Waals surface area contributed by atoms with Gasteiger partial charge in [0, 0.05) is 30.3 Å². The van der Waals surface area contributed by atoms with Crippen molar-refractivity contribution in [2.24, 2.45) is 16.6 Å². The third-order valence-electron chi connectivity index (χ3n) is 3.48. The van der Waals surface area contributed by atoms with Gasteiger partial charge in [-0.25, -0.2) is 0 Å². The minimum atomic E-state index is -0.114. The van der Waals surface area contributed by atoms with Crippen molar-refractivity contribution in [1.82, 2.24) is 0 Å². The Labute approximate surface area is 109 Å². The summed E-state index contributed by atoms with van der Waals surface area (Å²) in [5.74, 6) is 2.03. The van der Waals surface area contributed by atoms with Gasteiger partial charge < -0.3 is 15.2 Å². The van der Waals surface area contributed by atoms with Gasteiger partial charge in [-0.05, 0) is 19.8 Å². The van der Waals surface area contributed by atoms with E-state index in [1.165, 1.54) is 0 Å². The van der Waals surface area contributed by atoms with Crippen molar-refractivity contribution in [1.29, 1.82) is 0 Å². The summed E-state index contributed by atoms with van der Waals surface area (Å²) in [7, 11) is 1.68. The zero-order valence-electron chi connectivity index (χ0n) is 11.4. The van der Waals surface area contributed by atoms with Crippen LogP contribution in [0.1, 0.15) is 33.1 Å². The molecule has 2 rings (SSSR count). The van der Waals surface area contributed by atoms with E-state index in [4.69, 9.17) is 15.2 Å². The summed E-state index contributed by atoms with van der Waals surface area (Å²) < 4.78 is 11.2. The zero-order valence-corrected chi connectivity index (χ0v) is 11.4. The molecule has 1 unspecified atom stereocenters. The van der Waals surface area contributed by atoms with Gasteiger partial charge in [0.1, 0.15) is 12.4 Å². The van der Waals surface area contributed by atoms with Crippen LogP contribution >= 0.6 is 0 Å². The van der Waals surface area contributed by atoms with E-state index in [-0.39, 0.29) is 5.54 Å². The molecule has 1 fully saturated rings. The fourth-order valence-electron chi connectivity index (χ4n) is 1.99. The van der Waals surface area contributed by atoms with Gasteiger partial charge in [0.15, 0.2) is 5.76 Å². The SMILES string of the molecule is CC=NC1=CC(OCC2(N)CC2)=C(OC)CC1C. The van der Waals surface area contributed by atoms with Crippen LogP contribution in [0, 0.1) is 5.92 Å². The van der Waals surface area contributed by atoms with Crippen LogP contribution in [0.15, 0.2) is 28.3 Å². The molecule has 0 aromatic rings. The predicted octanol–water partition coefficient (Wildman–Crippen LogP) is 2.37. The van der Waals surface area contributed by atoms with E-state index in [2.05, 4.69) is 11.9 Å². The molecule has 2 aliphatic carbocycles. The Balaban J connectivity index is 2.11. The number of rotatable bonds is 5. The van der Waals surface area contributed by atoms with Gasteiger partial charge in [-0.15, -0.1) is 0 Å². The van der Waals surface area contributed by atoms with Crippen molar-refractivity contribution in [3.05, 3.63) is 23.3 Å². The molecule has 0 bridgehead atoms. The van der Waals surface area contributed by atoms with Crippen LogP contribution in [0.2, 0.25) is 0 Å².